The van der Waals surface area contributed by atoms with E-state index in [1.165, 1.54) is 12.1 Å². The van der Waals surface area contributed by atoms with Crippen LogP contribution in [0.2, 0.25) is 0 Å². The van der Waals surface area contributed by atoms with Gasteiger partial charge in [0.1, 0.15) is 11.4 Å². The monoisotopic (exact) mass is 531 g/mol. The van der Waals surface area contributed by atoms with E-state index in [9.17, 15) is 27.6 Å². The number of carbonyl (C=O) groups is 3. The summed E-state index contributed by atoms with van der Waals surface area (Å²) in [6, 6.07) is 9.67. The van der Waals surface area contributed by atoms with Crippen molar-refractivity contribution in [1.29, 1.82) is 0 Å². The first-order valence-corrected chi connectivity index (χ1v) is 12.3. The minimum Gasteiger partial charge on any atom is -0.490 e. The van der Waals surface area contributed by atoms with Gasteiger partial charge < -0.3 is 25.5 Å². The number of carbonyl (C=O) groups excluding carboxylic acids is 2. The molecule has 202 valence electrons. The summed E-state index contributed by atoms with van der Waals surface area (Å²) in [5, 5.41) is 14.7. The Kier molecular flexibility index (Phi) is 7.94. The fourth-order valence-corrected chi connectivity index (χ4v) is 4.56. The number of aromatic nitrogens is 1. The van der Waals surface area contributed by atoms with Crippen molar-refractivity contribution < 1.29 is 37.4 Å². The summed E-state index contributed by atoms with van der Waals surface area (Å²) in [6.45, 7) is 2.05. The van der Waals surface area contributed by atoms with Crippen LogP contribution in [0.1, 0.15) is 57.7 Å². The summed E-state index contributed by atoms with van der Waals surface area (Å²) in [5.74, 6) is -1.29. The molecule has 0 bridgehead atoms. The number of carboxylic acid groups (broad SMARTS) is 1. The molecule has 0 radical (unpaired) electrons. The van der Waals surface area contributed by atoms with Crippen LogP contribution in [-0.4, -0.2) is 47.1 Å². The molecule has 0 atom stereocenters. The summed E-state index contributed by atoms with van der Waals surface area (Å²) in [4.78, 5) is 38.9. The summed E-state index contributed by atoms with van der Waals surface area (Å²) >= 11 is 0. The number of ether oxygens (including phenoxy) is 1. The summed E-state index contributed by atoms with van der Waals surface area (Å²) < 4.78 is 44.7. The number of fused-ring (bicyclic) bond motifs is 1. The first-order chi connectivity index (χ1) is 18.0. The number of aliphatic carboxylic acids is 1. The van der Waals surface area contributed by atoms with Crippen LogP contribution in [-0.2, 0) is 11.0 Å². The van der Waals surface area contributed by atoms with Gasteiger partial charge in [-0.25, -0.2) is 0 Å². The predicted octanol–water partition coefficient (Wildman–Crippen LogP) is 4.68. The van der Waals surface area contributed by atoms with Gasteiger partial charge in [-0.15, -0.1) is 0 Å². The highest BCUT2D eigenvalue weighted by atomic mass is 19.4. The van der Waals surface area contributed by atoms with Crippen LogP contribution in [0.5, 0.6) is 5.75 Å². The molecule has 3 aromatic rings. The number of alkyl halides is 3. The Labute approximate surface area is 216 Å². The number of rotatable bonds is 8. The molecule has 0 aliphatic heterocycles. The lowest BCUT2D eigenvalue weighted by Crippen LogP contribution is -2.35. The molecule has 1 aliphatic rings. The molecule has 0 saturated heterocycles. The quantitative estimate of drug-likeness (QED) is 0.315. The normalized spacial score (nSPS) is 17.7. The number of benzene rings is 2. The van der Waals surface area contributed by atoms with E-state index in [0.29, 0.717) is 48.1 Å². The number of hydrogen-bond acceptors (Lipinski definition) is 4. The molecule has 11 heteroatoms. The Morgan fingerprint density at radius 1 is 0.974 bits per heavy atom. The first-order valence-electron chi connectivity index (χ1n) is 12.3. The second-order valence-electron chi connectivity index (χ2n) is 9.40. The lowest BCUT2D eigenvalue weighted by Gasteiger charge is -2.27. The minimum absolute atomic E-state index is 0.0581. The number of carboxylic acids is 1. The Bertz CT molecular complexity index is 1340. The molecule has 38 heavy (non-hydrogen) atoms. The minimum atomic E-state index is -4.47. The van der Waals surface area contributed by atoms with Crippen LogP contribution in [0.3, 0.4) is 0 Å². The van der Waals surface area contributed by atoms with Gasteiger partial charge in [0, 0.05) is 29.6 Å². The summed E-state index contributed by atoms with van der Waals surface area (Å²) in [7, 11) is 0. The zero-order valence-corrected chi connectivity index (χ0v) is 20.7. The van der Waals surface area contributed by atoms with Crippen LogP contribution in [0.4, 0.5) is 13.2 Å². The SMILES string of the molecule is Cc1cc(OC2CCC(C(=O)O)CC2)ccc1C(=O)NCCNC(=O)c1cc2cc(C(F)(F)F)ccc2[nH]1. The first kappa shape index (κ1) is 27.0. The Balaban J connectivity index is 1.24. The third-order valence-electron chi connectivity index (χ3n) is 6.66. The average molecular weight is 532 g/mol. The molecule has 1 aromatic heterocycles. The van der Waals surface area contributed by atoms with E-state index in [1.54, 1.807) is 25.1 Å². The highest BCUT2D eigenvalue weighted by Crippen LogP contribution is 2.32. The van der Waals surface area contributed by atoms with E-state index < -0.39 is 23.6 Å². The molecule has 4 N–H and O–H groups in total. The van der Waals surface area contributed by atoms with E-state index >= 15 is 0 Å². The number of H-pyrrole nitrogens is 1. The van der Waals surface area contributed by atoms with E-state index in [2.05, 4.69) is 15.6 Å². The number of amides is 2. The van der Waals surface area contributed by atoms with E-state index in [0.717, 1.165) is 12.1 Å². The molecular formula is C27H28F3N3O5. The fourth-order valence-electron chi connectivity index (χ4n) is 4.56. The third kappa shape index (κ3) is 6.45. The number of aryl methyl sites for hydroxylation is 1. The van der Waals surface area contributed by atoms with Crippen LogP contribution in [0.25, 0.3) is 10.9 Å². The van der Waals surface area contributed by atoms with Gasteiger partial charge in [-0.2, -0.15) is 13.2 Å². The van der Waals surface area contributed by atoms with Gasteiger partial charge >= 0.3 is 12.1 Å². The maximum Gasteiger partial charge on any atom is 0.416 e. The van der Waals surface area contributed by atoms with Gasteiger partial charge in [0.25, 0.3) is 11.8 Å². The summed E-state index contributed by atoms with van der Waals surface area (Å²) in [6.07, 6.45) is -2.04. The smallest absolute Gasteiger partial charge is 0.416 e. The van der Waals surface area contributed by atoms with Gasteiger partial charge in [0.05, 0.1) is 17.6 Å². The van der Waals surface area contributed by atoms with Crippen molar-refractivity contribution in [2.24, 2.45) is 5.92 Å². The Morgan fingerprint density at radius 2 is 1.66 bits per heavy atom. The van der Waals surface area contributed by atoms with Crippen molar-refractivity contribution in [1.82, 2.24) is 15.6 Å². The molecule has 1 fully saturated rings. The van der Waals surface area contributed by atoms with Crippen molar-refractivity contribution in [3.05, 3.63) is 64.8 Å². The second-order valence-corrected chi connectivity index (χ2v) is 9.40. The van der Waals surface area contributed by atoms with Crippen molar-refractivity contribution in [2.45, 2.75) is 44.9 Å². The van der Waals surface area contributed by atoms with Crippen LogP contribution < -0.4 is 15.4 Å². The highest BCUT2D eigenvalue weighted by Gasteiger charge is 2.30. The van der Waals surface area contributed by atoms with Gasteiger partial charge in [-0.3, -0.25) is 14.4 Å². The molecule has 2 aromatic carbocycles. The third-order valence-corrected chi connectivity index (χ3v) is 6.66. The number of hydrogen-bond donors (Lipinski definition) is 4. The Morgan fingerprint density at radius 3 is 2.29 bits per heavy atom. The largest absolute Gasteiger partial charge is 0.490 e. The van der Waals surface area contributed by atoms with Crippen molar-refractivity contribution in [3.63, 3.8) is 0 Å². The summed E-state index contributed by atoms with van der Waals surface area (Å²) in [5.41, 5.74) is 0.895. The molecule has 4 rings (SSSR count). The van der Waals surface area contributed by atoms with Crippen molar-refractivity contribution in [2.75, 3.05) is 13.1 Å². The standard InChI is InChI=1S/C27H28F3N3O5/c1-15-12-20(38-19-5-2-16(3-6-19)26(36)37)7-8-21(15)24(34)31-10-11-32-25(35)23-14-17-13-18(27(28,29)30)4-9-22(17)33-23/h4,7-9,12-14,16,19,33H,2-3,5-6,10-11H2,1H3,(H,31,34)(H,32,35)(H,36,37). The zero-order valence-electron chi connectivity index (χ0n) is 20.7. The van der Waals surface area contributed by atoms with Gasteiger partial charge in [-0.05, 0) is 80.6 Å². The van der Waals surface area contributed by atoms with Crippen molar-refractivity contribution >= 4 is 28.7 Å². The van der Waals surface area contributed by atoms with E-state index in [-0.39, 0.29) is 42.1 Å². The van der Waals surface area contributed by atoms with Gasteiger partial charge in [0.2, 0.25) is 0 Å². The average Bonchev–Trinajstić information content (AvgIpc) is 3.30. The molecule has 2 amide bonds. The molecule has 1 aliphatic carbocycles. The van der Waals surface area contributed by atoms with Crippen molar-refractivity contribution in [3.8, 4) is 5.75 Å². The molecule has 1 saturated carbocycles. The number of nitrogens with one attached hydrogen (secondary N) is 3. The lowest BCUT2D eigenvalue weighted by atomic mass is 9.87. The number of aromatic amines is 1. The molecule has 0 unspecified atom stereocenters. The molecule has 1 heterocycles. The van der Waals surface area contributed by atoms with Gasteiger partial charge in [0.15, 0.2) is 0 Å². The molecular weight excluding hydrogens is 503 g/mol. The maximum absolute atomic E-state index is 12.9. The van der Waals surface area contributed by atoms with E-state index in [1.807, 2.05) is 0 Å². The predicted molar refractivity (Wildman–Crippen MR) is 133 cm³/mol. The second kappa shape index (κ2) is 11.2. The zero-order chi connectivity index (χ0) is 27.4. The molecule has 8 nitrogen and oxygen atoms in total. The Hall–Kier alpha value is -4.02. The molecule has 0 spiro atoms. The maximum atomic E-state index is 12.9. The van der Waals surface area contributed by atoms with Crippen LogP contribution >= 0.6 is 0 Å². The van der Waals surface area contributed by atoms with E-state index in [4.69, 9.17) is 9.84 Å². The fraction of sp³-hybridized carbons (Fsp3) is 0.370. The topological polar surface area (TPSA) is 121 Å². The van der Waals surface area contributed by atoms with Crippen LogP contribution in [0.15, 0.2) is 42.5 Å². The lowest BCUT2D eigenvalue weighted by molar-refractivity contribution is -0.143. The number of halogens is 3. The van der Waals surface area contributed by atoms with Gasteiger partial charge in [-0.1, -0.05) is 0 Å². The van der Waals surface area contributed by atoms with Crippen LogP contribution in [0, 0.1) is 12.8 Å². The highest BCUT2D eigenvalue weighted by molar-refractivity contribution is 5.98.